The van der Waals surface area contributed by atoms with Crippen molar-refractivity contribution in [2.24, 2.45) is 0 Å². The number of nitrogens with zero attached hydrogens (tertiary/aromatic N) is 3. The number of hydrogen-bond donors (Lipinski definition) is 0. The molecule has 1 aliphatic rings. The monoisotopic (exact) mass is 351 g/mol. The van der Waals surface area contributed by atoms with Gasteiger partial charge in [0, 0.05) is 10.9 Å². The fourth-order valence-electron chi connectivity index (χ4n) is 2.47. The van der Waals surface area contributed by atoms with Gasteiger partial charge in [-0.1, -0.05) is 28.0 Å². The number of halogens is 1. The first-order valence-corrected chi connectivity index (χ1v) is 7.89. The maximum absolute atomic E-state index is 5.94. The summed E-state index contributed by atoms with van der Waals surface area (Å²) in [6.07, 6.45) is 0.893. The Balaban J connectivity index is 1.91. The molecule has 112 valence electrons. The van der Waals surface area contributed by atoms with Crippen molar-refractivity contribution in [3.05, 3.63) is 33.9 Å². The van der Waals surface area contributed by atoms with Crippen LogP contribution >= 0.6 is 15.9 Å². The second-order valence-electron chi connectivity index (χ2n) is 5.34. The van der Waals surface area contributed by atoms with Crippen LogP contribution in [0, 0.1) is 6.92 Å². The van der Waals surface area contributed by atoms with Gasteiger partial charge < -0.3 is 14.2 Å². The van der Waals surface area contributed by atoms with Crippen molar-refractivity contribution in [1.29, 1.82) is 0 Å². The van der Waals surface area contributed by atoms with Crippen molar-refractivity contribution in [1.82, 2.24) is 10.1 Å². The van der Waals surface area contributed by atoms with E-state index >= 15 is 0 Å². The Kier molecular flexibility index (Phi) is 3.89. The van der Waals surface area contributed by atoms with E-state index in [-0.39, 0.29) is 6.10 Å². The second-order valence-corrected chi connectivity index (χ2v) is 6.19. The predicted octanol–water partition coefficient (Wildman–Crippen LogP) is 3.49. The molecule has 0 saturated heterocycles. The molecule has 0 spiro atoms. The maximum Gasteiger partial charge on any atom is 0.226 e. The van der Waals surface area contributed by atoms with Crippen molar-refractivity contribution in [3.8, 4) is 5.75 Å². The molecule has 3 rings (SSSR count). The van der Waals surface area contributed by atoms with Crippen molar-refractivity contribution in [2.45, 2.75) is 39.8 Å². The van der Waals surface area contributed by atoms with Crippen LogP contribution in [0.3, 0.4) is 0 Å². The predicted molar refractivity (Wildman–Crippen MR) is 83.7 cm³/mol. The fourth-order valence-corrected chi connectivity index (χ4v) is 2.80. The van der Waals surface area contributed by atoms with E-state index in [1.807, 2.05) is 6.92 Å². The average Bonchev–Trinajstić information content (AvgIpc) is 2.88. The minimum Gasteiger partial charge on any atom is -0.487 e. The maximum atomic E-state index is 5.94. The zero-order valence-corrected chi connectivity index (χ0v) is 14.0. The molecule has 0 radical (unpaired) electrons. The van der Waals surface area contributed by atoms with Crippen LogP contribution in [0.25, 0.3) is 0 Å². The summed E-state index contributed by atoms with van der Waals surface area (Å²) in [4.78, 5) is 6.62. The molecule has 0 unspecified atom stereocenters. The molecule has 5 nitrogen and oxygen atoms in total. The molecule has 6 heteroatoms. The topological polar surface area (TPSA) is 51.4 Å². The number of hydrogen-bond acceptors (Lipinski definition) is 5. The SMILES string of the molecule is CCc1nc(CN2C[C@H](C)Oc3cc(C)c(Br)cc32)no1. The Morgan fingerprint density at radius 2 is 2.24 bits per heavy atom. The molecule has 1 aromatic heterocycles. The summed E-state index contributed by atoms with van der Waals surface area (Å²) in [6, 6.07) is 4.16. The summed E-state index contributed by atoms with van der Waals surface area (Å²) in [5, 5.41) is 4.04. The first-order valence-electron chi connectivity index (χ1n) is 7.10. The van der Waals surface area contributed by atoms with Crippen LogP contribution < -0.4 is 9.64 Å². The highest BCUT2D eigenvalue weighted by Gasteiger charge is 2.25. The number of benzene rings is 1. The lowest BCUT2D eigenvalue weighted by Gasteiger charge is -2.34. The molecule has 21 heavy (non-hydrogen) atoms. The van der Waals surface area contributed by atoms with Crippen molar-refractivity contribution in [2.75, 3.05) is 11.4 Å². The summed E-state index contributed by atoms with van der Waals surface area (Å²) in [6.45, 7) is 7.56. The highest BCUT2D eigenvalue weighted by atomic mass is 79.9. The van der Waals surface area contributed by atoms with Crippen molar-refractivity contribution >= 4 is 21.6 Å². The number of fused-ring (bicyclic) bond motifs is 1. The van der Waals surface area contributed by atoms with Gasteiger partial charge in [-0.05, 0) is 31.5 Å². The Hall–Kier alpha value is -1.56. The van der Waals surface area contributed by atoms with Crippen molar-refractivity contribution in [3.63, 3.8) is 0 Å². The normalized spacial score (nSPS) is 17.5. The fraction of sp³-hybridized carbons (Fsp3) is 0.467. The summed E-state index contributed by atoms with van der Waals surface area (Å²) >= 11 is 3.59. The third-order valence-electron chi connectivity index (χ3n) is 3.53. The third-order valence-corrected chi connectivity index (χ3v) is 4.39. The van der Waals surface area contributed by atoms with Crippen LogP contribution in [0.4, 0.5) is 5.69 Å². The van der Waals surface area contributed by atoms with E-state index in [1.165, 1.54) is 0 Å². The molecule has 0 bridgehead atoms. The smallest absolute Gasteiger partial charge is 0.226 e. The van der Waals surface area contributed by atoms with Gasteiger partial charge in [-0.2, -0.15) is 4.98 Å². The first-order chi connectivity index (χ1) is 10.1. The van der Waals surface area contributed by atoms with Gasteiger partial charge in [0.05, 0.1) is 18.8 Å². The van der Waals surface area contributed by atoms with Gasteiger partial charge in [-0.15, -0.1) is 0 Å². The number of aromatic nitrogens is 2. The lowest BCUT2D eigenvalue weighted by molar-refractivity contribution is 0.211. The molecule has 0 aliphatic carbocycles. The number of anilines is 1. The standard InChI is InChI=1S/C15H18BrN3O2/c1-4-15-17-14(18-21-15)8-19-7-10(3)20-13-5-9(2)11(16)6-12(13)19/h5-6,10H,4,7-8H2,1-3H3/t10-/m0/s1. The summed E-state index contributed by atoms with van der Waals surface area (Å²) in [5.41, 5.74) is 2.23. The average molecular weight is 352 g/mol. The van der Waals surface area contributed by atoms with Crippen LogP contribution in [0.1, 0.15) is 31.1 Å². The first kappa shape index (κ1) is 14.4. The summed E-state index contributed by atoms with van der Waals surface area (Å²) in [7, 11) is 0. The van der Waals surface area contributed by atoms with Crippen LogP contribution in [-0.2, 0) is 13.0 Å². The molecular formula is C15H18BrN3O2. The van der Waals surface area contributed by atoms with E-state index < -0.39 is 0 Å². The van der Waals surface area contributed by atoms with Crippen LogP contribution in [0.5, 0.6) is 5.75 Å². The largest absolute Gasteiger partial charge is 0.487 e. The van der Waals surface area contributed by atoms with Gasteiger partial charge in [0.25, 0.3) is 0 Å². The lowest BCUT2D eigenvalue weighted by Crippen LogP contribution is -2.38. The van der Waals surface area contributed by atoms with Gasteiger partial charge in [0.2, 0.25) is 5.89 Å². The molecule has 1 aromatic carbocycles. The third kappa shape index (κ3) is 2.90. The number of aryl methyl sites for hydroxylation is 2. The minimum atomic E-state index is 0.135. The Labute approximate surface area is 132 Å². The van der Waals surface area contributed by atoms with Gasteiger partial charge >= 0.3 is 0 Å². The van der Waals surface area contributed by atoms with Gasteiger partial charge in [0.15, 0.2) is 5.82 Å². The summed E-state index contributed by atoms with van der Waals surface area (Å²) < 4.78 is 12.2. The van der Waals surface area contributed by atoms with E-state index in [2.05, 4.69) is 57.0 Å². The Morgan fingerprint density at radius 3 is 2.95 bits per heavy atom. The zero-order valence-electron chi connectivity index (χ0n) is 12.4. The quantitative estimate of drug-likeness (QED) is 0.846. The van der Waals surface area contributed by atoms with Crippen molar-refractivity contribution < 1.29 is 9.26 Å². The number of ether oxygens (including phenoxy) is 1. The van der Waals surface area contributed by atoms with E-state index in [0.29, 0.717) is 18.3 Å². The molecule has 0 N–H and O–H groups in total. The van der Waals surface area contributed by atoms with Crippen LogP contribution in [0.2, 0.25) is 0 Å². The van der Waals surface area contributed by atoms with E-state index in [4.69, 9.17) is 9.26 Å². The number of rotatable bonds is 3. The molecule has 0 saturated carbocycles. The van der Waals surface area contributed by atoms with Gasteiger partial charge in [-0.25, -0.2) is 0 Å². The molecule has 0 fully saturated rings. The van der Waals surface area contributed by atoms with Gasteiger partial charge in [-0.3, -0.25) is 0 Å². The lowest BCUT2D eigenvalue weighted by atomic mass is 10.1. The Morgan fingerprint density at radius 1 is 1.43 bits per heavy atom. The van der Waals surface area contributed by atoms with Crippen LogP contribution in [0.15, 0.2) is 21.1 Å². The summed E-state index contributed by atoms with van der Waals surface area (Å²) in [5.74, 6) is 2.30. The highest BCUT2D eigenvalue weighted by molar-refractivity contribution is 9.10. The Bertz CT molecular complexity index is 656. The van der Waals surface area contributed by atoms with Gasteiger partial charge in [0.1, 0.15) is 11.9 Å². The van der Waals surface area contributed by atoms with E-state index in [9.17, 15) is 0 Å². The zero-order chi connectivity index (χ0) is 15.0. The van der Waals surface area contributed by atoms with E-state index in [1.54, 1.807) is 0 Å². The molecular weight excluding hydrogens is 334 g/mol. The molecule has 2 heterocycles. The van der Waals surface area contributed by atoms with Crippen LogP contribution in [-0.4, -0.2) is 22.8 Å². The molecule has 1 atom stereocenters. The molecule has 0 amide bonds. The second kappa shape index (κ2) is 5.67. The molecule has 1 aliphatic heterocycles. The van der Waals surface area contributed by atoms with E-state index in [0.717, 1.165) is 34.4 Å². The highest BCUT2D eigenvalue weighted by Crippen LogP contribution is 2.38. The minimum absolute atomic E-state index is 0.135. The molecule has 2 aromatic rings.